The van der Waals surface area contributed by atoms with Gasteiger partial charge in [-0.05, 0) is 48.9 Å². The fraction of sp³-hybridized carbons (Fsp3) is 0.515. The number of benzene rings is 2. The van der Waals surface area contributed by atoms with Gasteiger partial charge in [-0.25, -0.2) is 0 Å². The van der Waals surface area contributed by atoms with Gasteiger partial charge >= 0.3 is 0 Å². The van der Waals surface area contributed by atoms with Crippen molar-refractivity contribution in [3.05, 3.63) is 71.8 Å². The lowest BCUT2D eigenvalue weighted by Crippen LogP contribution is -2.49. The summed E-state index contributed by atoms with van der Waals surface area (Å²) in [7, 11) is 0. The number of carbonyl (C=O) groups is 4. The minimum atomic E-state index is -0.570. The predicted molar refractivity (Wildman–Crippen MR) is 163 cm³/mol. The van der Waals surface area contributed by atoms with E-state index in [9.17, 15) is 19.2 Å². The number of amides is 4. The zero-order valence-corrected chi connectivity index (χ0v) is 25.1. The van der Waals surface area contributed by atoms with Crippen LogP contribution in [0.25, 0.3) is 0 Å². The molecule has 8 heteroatoms. The van der Waals surface area contributed by atoms with Gasteiger partial charge in [-0.2, -0.15) is 0 Å². The quantitative estimate of drug-likeness (QED) is 0.194. The van der Waals surface area contributed by atoms with Crippen LogP contribution in [0.2, 0.25) is 0 Å². The summed E-state index contributed by atoms with van der Waals surface area (Å²) in [5.41, 5.74) is 1.08. The Morgan fingerprint density at radius 3 is 1.15 bits per heavy atom. The lowest BCUT2D eigenvalue weighted by atomic mass is 10.0. The Balaban J connectivity index is 1.54. The Labute approximate surface area is 245 Å². The molecule has 0 aliphatic heterocycles. The van der Waals surface area contributed by atoms with E-state index in [-0.39, 0.29) is 35.5 Å². The average Bonchev–Trinajstić information content (AvgIpc) is 2.97. The Kier molecular flexibility index (Phi) is 15.2. The number of carbonyl (C=O) groups excluding carboxylic acids is 4. The molecular formula is C33H48N4O4. The first-order chi connectivity index (χ1) is 19.7. The van der Waals surface area contributed by atoms with E-state index in [1.54, 1.807) is 48.5 Å². The van der Waals surface area contributed by atoms with Gasteiger partial charge in [-0.1, -0.05) is 96.2 Å². The fourth-order valence-electron chi connectivity index (χ4n) is 4.48. The molecule has 41 heavy (non-hydrogen) atoms. The maximum Gasteiger partial charge on any atom is 0.251 e. The standard InChI is InChI=1S/C33H48N4O4/c1-24(2)28(36-30(38)26-18-12-10-13-19-26)32(40)34-22-16-8-6-5-7-9-17-23-35-33(41)29(25(3)4)37-31(39)27-20-14-11-15-21-27/h10-15,18-21,24-25,28-29H,5-9,16-17,22-23H2,1-4H3,(H,34,40)(H,35,41)(H,36,38)(H,37,39)/t28-,29-/m0/s1. The van der Waals surface area contributed by atoms with Gasteiger partial charge in [0.05, 0.1) is 0 Å². The van der Waals surface area contributed by atoms with Crippen molar-refractivity contribution < 1.29 is 19.2 Å². The fourth-order valence-corrected chi connectivity index (χ4v) is 4.48. The van der Waals surface area contributed by atoms with Gasteiger partial charge < -0.3 is 21.3 Å². The first-order valence-electron chi connectivity index (χ1n) is 15.0. The molecule has 4 N–H and O–H groups in total. The second kappa shape index (κ2) is 18.6. The molecule has 0 aliphatic carbocycles. The highest BCUT2D eigenvalue weighted by Crippen LogP contribution is 2.09. The SMILES string of the molecule is CC(C)[C@H](NC(=O)c1ccccc1)C(=O)NCCCCCCCCCNC(=O)[C@@H](NC(=O)c1ccccc1)C(C)C. The zero-order chi connectivity index (χ0) is 30.0. The molecular weight excluding hydrogens is 516 g/mol. The van der Waals surface area contributed by atoms with Crippen LogP contribution in [0, 0.1) is 11.8 Å². The van der Waals surface area contributed by atoms with E-state index in [2.05, 4.69) is 21.3 Å². The first-order valence-corrected chi connectivity index (χ1v) is 15.0. The average molecular weight is 565 g/mol. The Morgan fingerprint density at radius 2 is 0.829 bits per heavy atom. The summed E-state index contributed by atoms with van der Waals surface area (Å²) in [6, 6.07) is 16.7. The topological polar surface area (TPSA) is 116 Å². The van der Waals surface area contributed by atoms with Crippen LogP contribution in [0.4, 0.5) is 0 Å². The maximum absolute atomic E-state index is 12.7. The van der Waals surface area contributed by atoms with E-state index in [4.69, 9.17) is 0 Å². The van der Waals surface area contributed by atoms with E-state index < -0.39 is 12.1 Å². The summed E-state index contributed by atoms with van der Waals surface area (Å²) in [4.78, 5) is 50.2. The second-order valence-electron chi connectivity index (χ2n) is 11.2. The van der Waals surface area contributed by atoms with Crippen LogP contribution in [-0.4, -0.2) is 48.8 Å². The summed E-state index contributed by atoms with van der Waals surface area (Å²) in [5, 5.41) is 11.6. The minimum absolute atomic E-state index is 0.0169. The zero-order valence-electron chi connectivity index (χ0n) is 25.1. The van der Waals surface area contributed by atoms with Crippen molar-refractivity contribution in [2.24, 2.45) is 11.8 Å². The number of rotatable bonds is 18. The molecule has 2 rings (SSSR count). The molecule has 0 saturated heterocycles. The second-order valence-corrected chi connectivity index (χ2v) is 11.2. The highest BCUT2D eigenvalue weighted by atomic mass is 16.2. The van der Waals surface area contributed by atoms with Crippen molar-refractivity contribution in [2.75, 3.05) is 13.1 Å². The van der Waals surface area contributed by atoms with E-state index in [0.717, 1.165) is 44.9 Å². The molecule has 0 aliphatic rings. The molecule has 0 bridgehead atoms. The Bertz CT molecular complexity index is 988. The molecule has 2 atom stereocenters. The third kappa shape index (κ3) is 12.6. The molecule has 2 aromatic carbocycles. The van der Waals surface area contributed by atoms with Gasteiger partial charge in [0.25, 0.3) is 11.8 Å². The highest BCUT2D eigenvalue weighted by Gasteiger charge is 2.25. The number of hydrogen-bond donors (Lipinski definition) is 4. The predicted octanol–water partition coefficient (Wildman–Crippen LogP) is 4.86. The van der Waals surface area contributed by atoms with Gasteiger partial charge in [0.1, 0.15) is 12.1 Å². The van der Waals surface area contributed by atoms with Crippen molar-refractivity contribution in [1.82, 2.24) is 21.3 Å². The normalized spacial score (nSPS) is 12.4. The summed E-state index contributed by atoms with van der Waals surface area (Å²) < 4.78 is 0. The molecule has 0 radical (unpaired) electrons. The lowest BCUT2D eigenvalue weighted by molar-refractivity contribution is -0.124. The molecule has 0 heterocycles. The van der Waals surface area contributed by atoms with Crippen LogP contribution in [0.1, 0.15) is 93.4 Å². The molecule has 224 valence electrons. The Morgan fingerprint density at radius 1 is 0.512 bits per heavy atom. The van der Waals surface area contributed by atoms with Crippen molar-refractivity contribution in [2.45, 2.75) is 84.7 Å². The van der Waals surface area contributed by atoms with Crippen LogP contribution in [0.15, 0.2) is 60.7 Å². The Hall–Kier alpha value is -3.68. The summed E-state index contributed by atoms with van der Waals surface area (Å²) in [6.07, 6.45) is 7.11. The van der Waals surface area contributed by atoms with Gasteiger partial charge in [-0.3, -0.25) is 19.2 Å². The minimum Gasteiger partial charge on any atom is -0.354 e. The first kappa shape index (κ1) is 33.5. The molecule has 0 spiro atoms. The molecule has 4 amide bonds. The molecule has 8 nitrogen and oxygen atoms in total. The third-order valence-electron chi connectivity index (χ3n) is 7.00. The third-order valence-corrected chi connectivity index (χ3v) is 7.00. The summed E-state index contributed by atoms with van der Waals surface area (Å²) in [6.45, 7) is 8.88. The maximum atomic E-state index is 12.7. The van der Waals surface area contributed by atoms with Gasteiger partial charge in [0.15, 0.2) is 0 Å². The van der Waals surface area contributed by atoms with Gasteiger partial charge in [0, 0.05) is 24.2 Å². The van der Waals surface area contributed by atoms with Gasteiger partial charge in [0.2, 0.25) is 11.8 Å². The van der Waals surface area contributed by atoms with E-state index in [0.29, 0.717) is 24.2 Å². The van der Waals surface area contributed by atoms with Crippen molar-refractivity contribution >= 4 is 23.6 Å². The molecule has 2 aromatic rings. The van der Waals surface area contributed by atoms with Crippen LogP contribution in [0.3, 0.4) is 0 Å². The summed E-state index contributed by atoms with van der Waals surface area (Å²) >= 11 is 0. The number of nitrogens with one attached hydrogen (secondary N) is 4. The van der Waals surface area contributed by atoms with Gasteiger partial charge in [-0.15, -0.1) is 0 Å². The van der Waals surface area contributed by atoms with Crippen molar-refractivity contribution in [1.29, 1.82) is 0 Å². The molecule has 0 saturated carbocycles. The molecule has 0 unspecified atom stereocenters. The van der Waals surface area contributed by atoms with E-state index >= 15 is 0 Å². The molecule has 0 fully saturated rings. The number of unbranched alkanes of at least 4 members (excludes halogenated alkanes) is 6. The van der Waals surface area contributed by atoms with Crippen LogP contribution in [-0.2, 0) is 9.59 Å². The van der Waals surface area contributed by atoms with E-state index in [1.165, 1.54) is 0 Å². The van der Waals surface area contributed by atoms with Crippen molar-refractivity contribution in [3.8, 4) is 0 Å². The lowest BCUT2D eigenvalue weighted by Gasteiger charge is -2.22. The number of hydrogen-bond acceptors (Lipinski definition) is 4. The smallest absolute Gasteiger partial charge is 0.251 e. The largest absolute Gasteiger partial charge is 0.354 e. The summed E-state index contributed by atoms with van der Waals surface area (Å²) in [5.74, 6) is -0.813. The highest BCUT2D eigenvalue weighted by molar-refractivity contribution is 5.98. The molecule has 0 aromatic heterocycles. The monoisotopic (exact) mass is 564 g/mol. The van der Waals surface area contributed by atoms with E-state index in [1.807, 2.05) is 39.8 Å². The van der Waals surface area contributed by atoms with Crippen LogP contribution in [0.5, 0.6) is 0 Å². The van der Waals surface area contributed by atoms with Crippen LogP contribution >= 0.6 is 0 Å². The van der Waals surface area contributed by atoms with Crippen LogP contribution < -0.4 is 21.3 Å². The van der Waals surface area contributed by atoms with Crippen molar-refractivity contribution in [3.63, 3.8) is 0 Å².